The van der Waals surface area contributed by atoms with Crippen LogP contribution in [0.25, 0.3) is 0 Å². The molecule has 0 spiro atoms. The molecule has 21 heavy (non-hydrogen) atoms. The van der Waals surface area contributed by atoms with Gasteiger partial charge in [-0.3, -0.25) is 0 Å². The van der Waals surface area contributed by atoms with E-state index in [4.69, 9.17) is 0 Å². The van der Waals surface area contributed by atoms with Crippen LogP contribution in [0.1, 0.15) is 58.6 Å². The summed E-state index contributed by atoms with van der Waals surface area (Å²) in [4.78, 5) is 2.26. The molecule has 2 rings (SSSR count). The summed E-state index contributed by atoms with van der Waals surface area (Å²) in [5.41, 5.74) is 1.88. The Morgan fingerprint density at radius 1 is 1.29 bits per heavy atom. The van der Waals surface area contributed by atoms with Crippen molar-refractivity contribution < 1.29 is 4.39 Å². The molecule has 1 unspecified atom stereocenters. The van der Waals surface area contributed by atoms with Gasteiger partial charge in [0.05, 0.1) is 5.69 Å². The lowest BCUT2D eigenvalue weighted by Gasteiger charge is -2.33. The molecule has 0 heterocycles. The van der Waals surface area contributed by atoms with Crippen LogP contribution in [0.5, 0.6) is 0 Å². The van der Waals surface area contributed by atoms with Crippen LogP contribution < -0.4 is 10.2 Å². The number of rotatable bonds is 8. The van der Waals surface area contributed by atoms with Crippen LogP contribution in [0, 0.1) is 11.7 Å². The van der Waals surface area contributed by atoms with Crippen molar-refractivity contribution >= 4 is 5.69 Å². The highest BCUT2D eigenvalue weighted by Gasteiger charge is 2.28. The predicted octanol–water partition coefficient (Wildman–Crippen LogP) is 4.51. The summed E-state index contributed by atoms with van der Waals surface area (Å²) in [7, 11) is 0. The predicted molar refractivity (Wildman–Crippen MR) is 88.3 cm³/mol. The summed E-state index contributed by atoms with van der Waals surface area (Å²) in [6.07, 6.45) is 3.66. The third kappa shape index (κ3) is 4.19. The molecular weight excluding hydrogens is 263 g/mol. The Labute approximate surface area is 128 Å². The van der Waals surface area contributed by atoms with Crippen LogP contribution in [0.15, 0.2) is 18.2 Å². The van der Waals surface area contributed by atoms with Crippen molar-refractivity contribution in [3.05, 3.63) is 29.6 Å². The molecule has 1 aromatic rings. The summed E-state index contributed by atoms with van der Waals surface area (Å²) in [5.74, 6) is 0.658. The first-order chi connectivity index (χ1) is 10.0. The first-order valence-corrected chi connectivity index (χ1v) is 8.33. The Bertz CT molecular complexity index is 455. The van der Waals surface area contributed by atoms with Gasteiger partial charge in [0.15, 0.2) is 0 Å². The van der Waals surface area contributed by atoms with Gasteiger partial charge in [-0.15, -0.1) is 0 Å². The molecule has 1 atom stereocenters. The number of anilines is 1. The normalized spacial score (nSPS) is 16.3. The fourth-order valence-corrected chi connectivity index (χ4v) is 2.79. The second-order valence-electron chi connectivity index (χ2n) is 6.54. The third-order valence-electron chi connectivity index (χ3n) is 4.25. The second-order valence-corrected chi connectivity index (χ2v) is 6.54. The number of benzene rings is 1. The molecule has 1 saturated carbocycles. The number of nitrogens with zero attached hydrogens (tertiary/aromatic N) is 1. The summed E-state index contributed by atoms with van der Waals surface area (Å²) in [5, 5.41) is 3.49. The van der Waals surface area contributed by atoms with E-state index in [1.54, 1.807) is 6.07 Å². The number of halogens is 1. The molecule has 0 saturated heterocycles. The molecular formula is C18H29FN2. The quantitative estimate of drug-likeness (QED) is 0.758. The van der Waals surface area contributed by atoms with Gasteiger partial charge in [-0.25, -0.2) is 4.39 Å². The van der Waals surface area contributed by atoms with E-state index in [1.807, 2.05) is 6.07 Å². The van der Waals surface area contributed by atoms with Crippen LogP contribution >= 0.6 is 0 Å². The maximum absolute atomic E-state index is 14.5. The van der Waals surface area contributed by atoms with Gasteiger partial charge in [-0.05, 0) is 64.1 Å². The first kappa shape index (κ1) is 16.3. The second kappa shape index (κ2) is 7.26. The van der Waals surface area contributed by atoms with Gasteiger partial charge in [0.1, 0.15) is 5.82 Å². The van der Waals surface area contributed by atoms with Crippen molar-refractivity contribution in [3.63, 3.8) is 0 Å². The van der Waals surface area contributed by atoms with E-state index in [2.05, 4.69) is 44.0 Å². The van der Waals surface area contributed by atoms with Gasteiger partial charge in [0.2, 0.25) is 0 Å². The number of nitrogens with one attached hydrogen (secondary N) is 1. The average molecular weight is 292 g/mol. The zero-order chi connectivity index (χ0) is 15.4. The topological polar surface area (TPSA) is 15.3 Å². The molecule has 1 N–H and O–H groups in total. The van der Waals surface area contributed by atoms with Crippen molar-refractivity contribution in [2.24, 2.45) is 5.92 Å². The summed E-state index contributed by atoms with van der Waals surface area (Å²) in [6.45, 7) is 10.5. The van der Waals surface area contributed by atoms with Crippen LogP contribution in [0.4, 0.5) is 10.1 Å². The minimum Gasteiger partial charge on any atom is -0.366 e. The van der Waals surface area contributed by atoms with E-state index in [0.29, 0.717) is 6.04 Å². The molecule has 2 nitrogen and oxygen atoms in total. The minimum atomic E-state index is -0.0907. The molecule has 0 radical (unpaired) electrons. The van der Waals surface area contributed by atoms with E-state index in [-0.39, 0.29) is 11.9 Å². The average Bonchev–Trinajstić information content (AvgIpc) is 3.26. The highest BCUT2D eigenvalue weighted by Crippen LogP contribution is 2.36. The summed E-state index contributed by atoms with van der Waals surface area (Å²) in [6, 6.07) is 5.98. The van der Waals surface area contributed by atoms with Crippen molar-refractivity contribution in [1.82, 2.24) is 5.32 Å². The van der Waals surface area contributed by atoms with Crippen LogP contribution in [0.2, 0.25) is 0 Å². The smallest absolute Gasteiger partial charge is 0.146 e. The lowest BCUT2D eigenvalue weighted by molar-refractivity contribution is 0.547. The standard InChI is InChI=1S/C18H29FN2/c1-5-11-20-14(4)16-7-6-8-17(19)18(16)21(13(2)3)12-15-9-10-15/h6-8,13-15,20H,5,9-12H2,1-4H3. The minimum absolute atomic E-state index is 0.0907. The molecule has 118 valence electrons. The molecule has 1 fully saturated rings. The number of hydrogen-bond donors (Lipinski definition) is 1. The van der Waals surface area contributed by atoms with Crippen molar-refractivity contribution in [2.45, 2.75) is 59.0 Å². The van der Waals surface area contributed by atoms with Crippen molar-refractivity contribution in [1.29, 1.82) is 0 Å². The van der Waals surface area contributed by atoms with E-state index in [9.17, 15) is 4.39 Å². The van der Waals surface area contributed by atoms with Gasteiger partial charge >= 0.3 is 0 Å². The van der Waals surface area contributed by atoms with Gasteiger partial charge in [0.25, 0.3) is 0 Å². The molecule has 1 aliphatic carbocycles. The molecule has 0 amide bonds. The fourth-order valence-electron chi connectivity index (χ4n) is 2.79. The van der Waals surface area contributed by atoms with Crippen LogP contribution in [-0.2, 0) is 0 Å². The summed E-state index contributed by atoms with van der Waals surface area (Å²) >= 11 is 0. The van der Waals surface area contributed by atoms with Crippen molar-refractivity contribution in [2.75, 3.05) is 18.0 Å². The maximum atomic E-state index is 14.5. The first-order valence-electron chi connectivity index (χ1n) is 8.33. The van der Waals surface area contributed by atoms with Crippen molar-refractivity contribution in [3.8, 4) is 0 Å². The Morgan fingerprint density at radius 3 is 2.57 bits per heavy atom. The lowest BCUT2D eigenvalue weighted by Crippen LogP contribution is -2.35. The highest BCUT2D eigenvalue weighted by molar-refractivity contribution is 5.57. The molecule has 0 bridgehead atoms. The van der Waals surface area contributed by atoms with Crippen LogP contribution in [0.3, 0.4) is 0 Å². The molecule has 0 aromatic heterocycles. The molecule has 3 heteroatoms. The Kier molecular flexibility index (Phi) is 5.63. The molecule has 0 aliphatic heterocycles. The van der Waals surface area contributed by atoms with Gasteiger partial charge in [-0.2, -0.15) is 0 Å². The van der Waals surface area contributed by atoms with Crippen LogP contribution in [-0.4, -0.2) is 19.1 Å². The Balaban J connectivity index is 2.29. The lowest BCUT2D eigenvalue weighted by atomic mass is 10.0. The SMILES string of the molecule is CCCNC(C)c1cccc(F)c1N(CC1CC1)C(C)C. The van der Waals surface area contributed by atoms with E-state index >= 15 is 0 Å². The Morgan fingerprint density at radius 2 is 2.00 bits per heavy atom. The maximum Gasteiger partial charge on any atom is 0.146 e. The highest BCUT2D eigenvalue weighted by atomic mass is 19.1. The van der Waals surface area contributed by atoms with Gasteiger partial charge in [-0.1, -0.05) is 19.1 Å². The van der Waals surface area contributed by atoms with E-state index < -0.39 is 0 Å². The largest absolute Gasteiger partial charge is 0.366 e. The molecule has 1 aliphatic rings. The summed E-state index contributed by atoms with van der Waals surface area (Å²) < 4.78 is 14.5. The van der Waals surface area contributed by atoms with E-state index in [0.717, 1.165) is 36.7 Å². The molecule has 1 aromatic carbocycles. The zero-order valence-electron chi connectivity index (χ0n) is 13.8. The fraction of sp³-hybridized carbons (Fsp3) is 0.667. The Hall–Kier alpha value is -1.09. The monoisotopic (exact) mass is 292 g/mol. The third-order valence-corrected chi connectivity index (χ3v) is 4.25. The number of para-hydroxylation sites is 1. The van der Waals surface area contributed by atoms with Gasteiger partial charge in [0, 0.05) is 18.6 Å². The zero-order valence-corrected chi connectivity index (χ0v) is 13.8. The van der Waals surface area contributed by atoms with E-state index in [1.165, 1.54) is 12.8 Å². The number of hydrogen-bond acceptors (Lipinski definition) is 2. The van der Waals surface area contributed by atoms with Gasteiger partial charge < -0.3 is 10.2 Å².